The van der Waals surface area contributed by atoms with E-state index in [0.717, 1.165) is 35.5 Å². The molecule has 25 heavy (non-hydrogen) atoms. The van der Waals surface area contributed by atoms with Gasteiger partial charge >= 0.3 is 0 Å². The van der Waals surface area contributed by atoms with Crippen LogP contribution in [0.5, 0.6) is 5.75 Å². The van der Waals surface area contributed by atoms with Crippen LogP contribution in [-0.2, 0) is 24.3 Å². The zero-order valence-corrected chi connectivity index (χ0v) is 16.0. The van der Waals surface area contributed by atoms with Gasteiger partial charge in [-0.1, -0.05) is 36.3 Å². The molecule has 0 aliphatic carbocycles. The summed E-state index contributed by atoms with van der Waals surface area (Å²) in [5.74, 6) is 0.132. The fraction of sp³-hybridized carbons (Fsp3) is 0.444. The van der Waals surface area contributed by atoms with Crippen molar-refractivity contribution in [3.8, 4) is 5.75 Å². The number of carbonyl (C=O) groups excluding carboxylic acids is 1. The van der Waals surface area contributed by atoms with Crippen molar-refractivity contribution in [1.82, 2.24) is 4.57 Å². The maximum absolute atomic E-state index is 12.7. The van der Waals surface area contributed by atoms with E-state index in [2.05, 4.69) is 16.5 Å². The average molecular weight is 381 g/mol. The van der Waals surface area contributed by atoms with Crippen LogP contribution in [0.4, 0.5) is 0 Å². The van der Waals surface area contributed by atoms with Crippen molar-refractivity contribution in [2.75, 3.05) is 13.7 Å². The summed E-state index contributed by atoms with van der Waals surface area (Å²) in [4.78, 5) is 19.0. The molecule has 5 nitrogen and oxygen atoms in total. The Hall–Kier alpha value is -1.63. The van der Waals surface area contributed by atoms with E-state index in [1.54, 1.807) is 18.2 Å². The van der Waals surface area contributed by atoms with Gasteiger partial charge < -0.3 is 14.0 Å². The first kappa shape index (κ1) is 18.2. The first-order valence-electron chi connectivity index (χ1n) is 8.35. The highest BCUT2D eigenvalue weighted by Crippen LogP contribution is 2.24. The van der Waals surface area contributed by atoms with Crippen LogP contribution in [0, 0.1) is 0 Å². The summed E-state index contributed by atoms with van der Waals surface area (Å²) in [6.45, 7) is 4.32. The van der Waals surface area contributed by atoms with Crippen LogP contribution in [0.3, 0.4) is 0 Å². The second kappa shape index (κ2) is 8.17. The van der Waals surface area contributed by atoms with Crippen molar-refractivity contribution >= 4 is 28.8 Å². The first-order chi connectivity index (χ1) is 12.1. The summed E-state index contributed by atoms with van der Waals surface area (Å²) in [5.41, 5.74) is 1.62. The molecule has 0 unspecified atom stereocenters. The van der Waals surface area contributed by atoms with Crippen LogP contribution in [0.25, 0.3) is 0 Å². The molecule has 0 atom stereocenters. The molecule has 134 valence electrons. The van der Waals surface area contributed by atoms with E-state index in [4.69, 9.17) is 21.1 Å². The minimum atomic E-state index is -0.343. The van der Waals surface area contributed by atoms with Crippen molar-refractivity contribution in [2.24, 2.45) is 4.99 Å². The Kier molecular flexibility index (Phi) is 5.93. The van der Waals surface area contributed by atoms with Gasteiger partial charge in [-0.15, -0.1) is 0 Å². The SMILES string of the molecule is CCCCn1c2c(sc1=NC(=O)c1cc(Cl)ccc1OC)COCC2. The van der Waals surface area contributed by atoms with E-state index in [0.29, 0.717) is 29.5 Å². The summed E-state index contributed by atoms with van der Waals surface area (Å²) < 4.78 is 13.0. The molecule has 0 spiro atoms. The third-order valence-corrected chi connectivity index (χ3v) is 5.46. The number of nitrogens with zero attached hydrogens (tertiary/aromatic N) is 2. The average Bonchev–Trinajstić information content (AvgIpc) is 2.96. The molecule has 0 saturated heterocycles. The van der Waals surface area contributed by atoms with Gasteiger partial charge in [0.1, 0.15) is 5.75 Å². The highest BCUT2D eigenvalue weighted by molar-refractivity contribution is 7.09. The van der Waals surface area contributed by atoms with Gasteiger partial charge in [0.05, 0.1) is 30.8 Å². The fourth-order valence-electron chi connectivity index (χ4n) is 2.84. The monoisotopic (exact) mass is 380 g/mol. The quantitative estimate of drug-likeness (QED) is 0.792. The van der Waals surface area contributed by atoms with Crippen LogP contribution < -0.4 is 9.54 Å². The lowest BCUT2D eigenvalue weighted by atomic mass is 10.2. The smallest absolute Gasteiger partial charge is 0.283 e. The minimum absolute atomic E-state index is 0.343. The lowest BCUT2D eigenvalue weighted by molar-refractivity contribution is 0.0994. The molecule has 0 fully saturated rings. The number of carbonyl (C=O) groups is 1. The summed E-state index contributed by atoms with van der Waals surface area (Å²) in [7, 11) is 1.53. The fourth-order valence-corrected chi connectivity index (χ4v) is 4.14. The van der Waals surface area contributed by atoms with E-state index in [1.807, 2.05) is 0 Å². The summed E-state index contributed by atoms with van der Waals surface area (Å²) >= 11 is 7.56. The number of hydrogen-bond donors (Lipinski definition) is 0. The van der Waals surface area contributed by atoms with E-state index in [1.165, 1.54) is 24.1 Å². The Bertz CT molecular complexity index is 841. The van der Waals surface area contributed by atoms with Gasteiger partial charge in [-0.05, 0) is 24.6 Å². The Morgan fingerprint density at radius 2 is 2.32 bits per heavy atom. The highest BCUT2D eigenvalue weighted by Gasteiger charge is 2.19. The largest absolute Gasteiger partial charge is 0.496 e. The van der Waals surface area contributed by atoms with Gasteiger partial charge in [-0.2, -0.15) is 4.99 Å². The zero-order valence-electron chi connectivity index (χ0n) is 14.4. The maximum Gasteiger partial charge on any atom is 0.283 e. The van der Waals surface area contributed by atoms with Gasteiger partial charge in [0.2, 0.25) is 0 Å². The van der Waals surface area contributed by atoms with Crippen LogP contribution in [-0.4, -0.2) is 24.2 Å². The topological polar surface area (TPSA) is 52.8 Å². The molecular weight excluding hydrogens is 360 g/mol. The number of halogens is 1. The number of methoxy groups -OCH3 is 1. The van der Waals surface area contributed by atoms with E-state index in [9.17, 15) is 4.79 Å². The van der Waals surface area contributed by atoms with Crippen molar-refractivity contribution in [2.45, 2.75) is 39.3 Å². The number of hydrogen-bond acceptors (Lipinski definition) is 4. The lowest BCUT2D eigenvalue weighted by Gasteiger charge is -2.14. The van der Waals surface area contributed by atoms with E-state index < -0.39 is 0 Å². The molecule has 1 aliphatic rings. The van der Waals surface area contributed by atoms with Gasteiger partial charge in [-0.3, -0.25) is 4.79 Å². The van der Waals surface area contributed by atoms with Crippen molar-refractivity contribution in [3.05, 3.63) is 44.2 Å². The predicted octanol–water partition coefficient (Wildman–Crippen LogP) is 3.83. The predicted molar refractivity (Wildman–Crippen MR) is 98.5 cm³/mol. The number of benzene rings is 1. The molecule has 1 aromatic heterocycles. The standard InChI is InChI=1S/C18H21ClN2O3S/c1-3-4-8-21-14-7-9-24-11-16(14)25-18(21)20-17(22)13-10-12(19)5-6-15(13)23-2/h5-6,10H,3-4,7-9,11H2,1-2H3. The number of aromatic nitrogens is 1. The zero-order chi connectivity index (χ0) is 17.8. The Morgan fingerprint density at radius 3 is 3.08 bits per heavy atom. The number of amides is 1. The normalized spacial score (nSPS) is 14.4. The van der Waals surface area contributed by atoms with Crippen LogP contribution in [0.2, 0.25) is 5.02 Å². The van der Waals surface area contributed by atoms with Crippen molar-refractivity contribution in [3.63, 3.8) is 0 Å². The molecule has 0 N–H and O–H groups in total. The minimum Gasteiger partial charge on any atom is -0.496 e. The molecule has 3 rings (SSSR count). The number of fused-ring (bicyclic) bond motifs is 1. The van der Waals surface area contributed by atoms with Gasteiger partial charge in [0.15, 0.2) is 4.80 Å². The molecule has 7 heteroatoms. The van der Waals surface area contributed by atoms with Crippen molar-refractivity contribution in [1.29, 1.82) is 0 Å². The van der Waals surface area contributed by atoms with E-state index in [-0.39, 0.29) is 5.91 Å². The molecular formula is C18H21ClN2O3S. The Balaban J connectivity index is 2.04. The molecule has 2 aromatic rings. The Morgan fingerprint density at radius 1 is 1.48 bits per heavy atom. The van der Waals surface area contributed by atoms with Crippen LogP contribution >= 0.6 is 22.9 Å². The molecule has 0 bridgehead atoms. The highest BCUT2D eigenvalue weighted by atomic mass is 35.5. The number of thiazole rings is 1. The van der Waals surface area contributed by atoms with E-state index >= 15 is 0 Å². The number of rotatable bonds is 5. The third kappa shape index (κ3) is 3.97. The molecule has 1 aliphatic heterocycles. The molecule has 0 radical (unpaired) electrons. The summed E-state index contributed by atoms with van der Waals surface area (Å²) in [6, 6.07) is 4.97. The molecule has 1 amide bonds. The van der Waals surface area contributed by atoms with Gasteiger partial charge in [0.25, 0.3) is 5.91 Å². The number of unbranched alkanes of at least 4 members (excludes halogenated alkanes) is 1. The van der Waals surface area contributed by atoms with Crippen molar-refractivity contribution < 1.29 is 14.3 Å². The molecule has 2 heterocycles. The van der Waals surface area contributed by atoms with Crippen LogP contribution in [0.15, 0.2) is 23.2 Å². The lowest BCUT2D eigenvalue weighted by Crippen LogP contribution is -2.21. The van der Waals surface area contributed by atoms with Gasteiger partial charge in [0, 0.05) is 23.7 Å². The number of ether oxygens (including phenoxy) is 2. The third-order valence-electron chi connectivity index (χ3n) is 4.13. The summed E-state index contributed by atoms with van der Waals surface area (Å²) in [5, 5.41) is 0.483. The van der Waals surface area contributed by atoms with Crippen LogP contribution in [0.1, 0.15) is 40.7 Å². The second-order valence-electron chi connectivity index (χ2n) is 5.82. The second-order valence-corrected chi connectivity index (χ2v) is 7.32. The molecule has 0 saturated carbocycles. The first-order valence-corrected chi connectivity index (χ1v) is 9.55. The van der Waals surface area contributed by atoms with Gasteiger partial charge in [-0.25, -0.2) is 0 Å². The summed E-state index contributed by atoms with van der Waals surface area (Å²) in [6.07, 6.45) is 3.00. The molecule has 1 aromatic carbocycles. The Labute approximate surface area is 155 Å². The maximum atomic E-state index is 12.7.